The minimum Gasteiger partial charge on any atom is -0.547 e. The summed E-state index contributed by atoms with van der Waals surface area (Å²) in [6.45, 7) is 17.4. The Labute approximate surface area is 207 Å². The van der Waals surface area contributed by atoms with E-state index in [1.807, 2.05) is 32.9 Å². The molecule has 0 N–H and O–H groups in total. The summed E-state index contributed by atoms with van der Waals surface area (Å²) in [6, 6.07) is 7.03. The molecule has 8 heteroatoms. The third-order valence-electron chi connectivity index (χ3n) is 7.04. The molecule has 2 aliphatic heterocycles. The third kappa shape index (κ3) is 6.94. The van der Waals surface area contributed by atoms with Crippen LogP contribution in [0.4, 0.5) is 0 Å². The van der Waals surface area contributed by atoms with Crippen LogP contribution in [-0.2, 0) is 28.5 Å². The van der Waals surface area contributed by atoms with Gasteiger partial charge in [-0.3, -0.25) is 0 Å². The number of benzene rings is 1. The summed E-state index contributed by atoms with van der Waals surface area (Å²) >= 11 is 0. The van der Waals surface area contributed by atoms with Crippen molar-refractivity contribution in [3.63, 3.8) is 0 Å². The van der Waals surface area contributed by atoms with E-state index in [1.54, 1.807) is 12.1 Å². The van der Waals surface area contributed by atoms with Crippen LogP contribution in [0.5, 0.6) is 0 Å². The second-order valence-electron chi connectivity index (χ2n) is 11.6. The zero-order valence-corrected chi connectivity index (χ0v) is 23.8. The van der Waals surface area contributed by atoms with Gasteiger partial charge in [-0.1, -0.05) is 38.5 Å². The Bertz CT molecular complexity index is 976. The van der Waals surface area contributed by atoms with Crippen molar-refractivity contribution in [3.8, 4) is 0 Å². The first-order chi connectivity index (χ1) is 15.6. The maximum absolute atomic E-state index is 12.8. The van der Waals surface area contributed by atoms with Gasteiger partial charge in [0.2, 0.25) is 8.32 Å². The monoisotopic (exact) mass is 510 g/mol. The predicted molar refractivity (Wildman–Crippen MR) is 137 cm³/mol. The molecule has 1 aromatic carbocycles. The Morgan fingerprint density at radius 2 is 1.76 bits per heavy atom. The lowest BCUT2D eigenvalue weighted by Gasteiger charge is -2.40. The zero-order valence-electron chi connectivity index (χ0n) is 22.0. The van der Waals surface area contributed by atoms with Gasteiger partial charge >= 0.3 is 0 Å². The van der Waals surface area contributed by atoms with E-state index in [2.05, 4.69) is 39.9 Å². The topological polar surface area (TPSA) is 71.1 Å². The van der Waals surface area contributed by atoms with Crippen LogP contribution in [0.2, 0.25) is 18.1 Å². The molecule has 3 atom stereocenters. The molecule has 0 aliphatic carbocycles. The molecule has 0 unspecified atom stereocenters. The molecule has 1 aromatic rings. The van der Waals surface area contributed by atoms with E-state index < -0.39 is 23.9 Å². The minimum absolute atomic E-state index is 0.0776. The molecule has 2 heterocycles. The van der Waals surface area contributed by atoms with Crippen LogP contribution in [0.3, 0.4) is 0 Å². The van der Waals surface area contributed by atoms with Gasteiger partial charge in [-0.15, -0.1) is 0 Å². The molecule has 0 spiro atoms. The van der Waals surface area contributed by atoms with E-state index in [0.29, 0.717) is 30.8 Å². The van der Waals surface area contributed by atoms with Crippen LogP contribution < -0.4 is 0 Å². The van der Waals surface area contributed by atoms with Gasteiger partial charge in [0.15, 0.2) is 15.6 Å². The molecule has 3 rings (SSSR count). The first-order valence-corrected chi connectivity index (χ1v) is 16.8. The molecular weight excluding hydrogens is 468 g/mol. The fourth-order valence-electron chi connectivity index (χ4n) is 3.95. The first-order valence-electron chi connectivity index (χ1n) is 12.2. The summed E-state index contributed by atoms with van der Waals surface area (Å²) < 4.78 is 50.5. The van der Waals surface area contributed by atoms with E-state index in [1.165, 1.54) is 0 Å². The van der Waals surface area contributed by atoms with Crippen molar-refractivity contribution in [1.82, 2.24) is 0 Å². The normalized spacial score (nSPS) is 25.8. The van der Waals surface area contributed by atoms with Gasteiger partial charge in [-0.05, 0) is 70.0 Å². The van der Waals surface area contributed by atoms with Crippen LogP contribution in [0, 0.1) is 6.92 Å². The number of sulfone groups is 1. The average molecular weight is 511 g/mol. The largest absolute Gasteiger partial charge is 0.547 e. The highest BCUT2D eigenvalue weighted by Gasteiger charge is 2.43. The lowest BCUT2D eigenvalue weighted by molar-refractivity contribution is -0.162. The van der Waals surface area contributed by atoms with Gasteiger partial charge in [0, 0.05) is 6.42 Å². The summed E-state index contributed by atoms with van der Waals surface area (Å²) in [7, 11) is -5.35. The van der Waals surface area contributed by atoms with Crippen molar-refractivity contribution in [2.75, 3.05) is 12.4 Å². The molecule has 1 fully saturated rings. The van der Waals surface area contributed by atoms with Crippen LogP contribution in [0.1, 0.15) is 59.4 Å². The van der Waals surface area contributed by atoms with Crippen molar-refractivity contribution >= 4 is 18.2 Å². The summed E-state index contributed by atoms with van der Waals surface area (Å²) in [5, 5.41) is 0.0776. The first kappa shape index (κ1) is 27.4. The number of hydrogen-bond acceptors (Lipinski definition) is 6. The fraction of sp³-hybridized carbons (Fsp3) is 0.692. The Morgan fingerprint density at radius 3 is 2.32 bits per heavy atom. The van der Waals surface area contributed by atoms with Crippen LogP contribution in [0.25, 0.3) is 0 Å². The van der Waals surface area contributed by atoms with Crippen molar-refractivity contribution in [1.29, 1.82) is 0 Å². The quantitative estimate of drug-likeness (QED) is 0.414. The zero-order chi connectivity index (χ0) is 25.4. The van der Waals surface area contributed by atoms with Gasteiger partial charge in [0.25, 0.3) is 0 Å². The summed E-state index contributed by atoms with van der Waals surface area (Å²) in [5.74, 6) is 0.387. The lowest BCUT2D eigenvalue weighted by Crippen LogP contribution is -2.44. The van der Waals surface area contributed by atoms with Crippen LogP contribution in [-0.4, -0.2) is 53.2 Å². The second kappa shape index (κ2) is 10.0. The number of hydrogen-bond donors (Lipinski definition) is 0. The molecule has 2 aliphatic rings. The number of rotatable bonds is 8. The molecule has 0 bridgehead atoms. The molecule has 0 radical (unpaired) electrons. The van der Waals surface area contributed by atoms with Gasteiger partial charge < -0.3 is 18.6 Å². The Morgan fingerprint density at radius 1 is 1.12 bits per heavy atom. The van der Waals surface area contributed by atoms with Gasteiger partial charge in [-0.25, -0.2) is 8.42 Å². The SMILES string of the molecule is Cc1ccc(S(=O)(=O)CCC[C@@H]2C=C(O[Si](C)(C)C(C)(C)C)C[C@H]([C@@H]3COC(C)(C)O3)O2)cc1. The standard InChI is InChI=1S/C26H42O6SSi/c1-19-11-13-22(14-12-19)33(27,28)15-9-10-20-16-21(32-34(7,8)25(2,3)4)17-23(30-20)24-18-29-26(5,6)31-24/h11-14,16,20,23-24H,9-10,15,17-18H2,1-8H3/t20-,23-,24+/m1/s1. The number of ether oxygens (including phenoxy) is 3. The van der Waals surface area contributed by atoms with Gasteiger partial charge in [-0.2, -0.15) is 0 Å². The Hall–Kier alpha value is -1.19. The van der Waals surface area contributed by atoms with E-state index in [4.69, 9.17) is 18.6 Å². The van der Waals surface area contributed by atoms with Gasteiger partial charge in [0.1, 0.15) is 6.10 Å². The smallest absolute Gasteiger partial charge is 0.250 e. The molecule has 1 saturated heterocycles. The second-order valence-corrected chi connectivity index (χ2v) is 18.4. The summed E-state index contributed by atoms with van der Waals surface area (Å²) in [6.07, 6.45) is 3.20. The fourth-order valence-corrected chi connectivity index (χ4v) is 6.40. The van der Waals surface area contributed by atoms with Crippen molar-refractivity contribution in [2.45, 2.75) is 108 Å². The minimum atomic E-state index is -3.33. The van der Waals surface area contributed by atoms with E-state index in [-0.39, 0.29) is 29.1 Å². The van der Waals surface area contributed by atoms with Crippen molar-refractivity contribution in [3.05, 3.63) is 41.7 Å². The molecule has 0 aromatic heterocycles. The molecule has 34 heavy (non-hydrogen) atoms. The van der Waals surface area contributed by atoms with Gasteiger partial charge in [0.05, 0.1) is 35.2 Å². The highest BCUT2D eigenvalue weighted by molar-refractivity contribution is 7.91. The Kier molecular flexibility index (Phi) is 8.10. The summed E-state index contributed by atoms with van der Waals surface area (Å²) in [5.41, 5.74) is 1.04. The Balaban J connectivity index is 1.71. The molecule has 0 amide bonds. The van der Waals surface area contributed by atoms with E-state index in [0.717, 1.165) is 11.3 Å². The lowest BCUT2D eigenvalue weighted by atomic mass is 10.0. The number of aryl methyl sites for hydroxylation is 1. The average Bonchev–Trinajstić information content (AvgIpc) is 3.07. The molecule has 0 saturated carbocycles. The van der Waals surface area contributed by atoms with Crippen LogP contribution >= 0.6 is 0 Å². The molecule has 6 nitrogen and oxygen atoms in total. The molecule has 192 valence electrons. The maximum atomic E-state index is 12.8. The predicted octanol–water partition coefficient (Wildman–Crippen LogP) is 5.76. The highest BCUT2D eigenvalue weighted by atomic mass is 32.2. The summed E-state index contributed by atoms with van der Waals surface area (Å²) in [4.78, 5) is 0.372. The molecular formula is C26H42O6SSi. The van der Waals surface area contributed by atoms with Crippen molar-refractivity contribution in [2.24, 2.45) is 0 Å². The van der Waals surface area contributed by atoms with Crippen LogP contribution in [0.15, 0.2) is 41.0 Å². The highest BCUT2D eigenvalue weighted by Crippen LogP contribution is 2.40. The maximum Gasteiger partial charge on any atom is 0.250 e. The van der Waals surface area contributed by atoms with Crippen molar-refractivity contribution < 1.29 is 27.1 Å². The van der Waals surface area contributed by atoms with E-state index in [9.17, 15) is 8.42 Å². The van der Waals surface area contributed by atoms with E-state index >= 15 is 0 Å². The third-order valence-corrected chi connectivity index (χ3v) is 13.2.